The molecule has 0 aromatic heterocycles. The van der Waals surface area contributed by atoms with Crippen LogP contribution >= 0.6 is 0 Å². The molecule has 1 unspecified atom stereocenters. The molecule has 0 saturated heterocycles. The molecule has 0 rings (SSSR count). The molecule has 0 heterocycles. The topological polar surface area (TPSA) is 38.0 Å². The van der Waals surface area contributed by atoms with Gasteiger partial charge in [0.25, 0.3) is 0 Å². The second-order valence-electron chi connectivity index (χ2n) is 4.75. The summed E-state index contributed by atoms with van der Waals surface area (Å²) in [6.07, 6.45) is 0. The molecule has 3 heteroatoms. The first kappa shape index (κ1) is 11.1. The number of nitrogens with two attached hydrogens (primary N) is 1. The Bertz CT molecular complexity index is 125. The van der Waals surface area contributed by atoms with Gasteiger partial charge in [0.1, 0.15) is 0 Å². The van der Waals surface area contributed by atoms with Gasteiger partial charge in [0.15, 0.2) is 0 Å². The summed E-state index contributed by atoms with van der Waals surface area (Å²) in [4.78, 5) is 3.48. The lowest BCUT2D eigenvalue weighted by Crippen LogP contribution is -2.64. The van der Waals surface area contributed by atoms with E-state index < -0.39 is 8.40 Å². The van der Waals surface area contributed by atoms with Gasteiger partial charge in [-0.2, -0.15) is 0 Å². The van der Waals surface area contributed by atoms with Gasteiger partial charge in [-0.3, -0.25) is 0 Å². The van der Waals surface area contributed by atoms with Crippen molar-refractivity contribution in [2.45, 2.75) is 52.2 Å². The van der Waals surface area contributed by atoms with Gasteiger partial charge in [-0.05, 0) is 17.6 Å². The van der Waals surface area contributed by atoms with Crippen LogP contribution in [0.1, 0.15) is 34.6 Å². The Morgan fingerprint density at radius 1 is 1.27 bits per heavy atom. The van der Waals surface area contributed by atoms with Crippen molar-refractivity contribution in [2.75, 3.05) is 0 Å². The fourth-order valence-corrected chi connectivity index (χ4v) is 2.45. The summed E-state index contributed by atoms with van der Waals surface area (Å²) in [6, 6.07) is 0.496. The van der Waals surface area contributed by atoms with Crippen LogP contribution in [0.4, 0.5) is 0 Å². The first-order valence-electron chi connectivity index (χ1n) is 4.23. The van der Waals surface area contributed by atoms with Crippen LogP contribution in [0, 0.1) is 0 Å². The highest BCUT2D eigenvalue weighted by Gasteiger charge is 2.36. The quantitative estimate of drug-likeness (QED) is 0.627. The third kappa shape index (κ3) is 3.36. The van der Waals surface area contributed by atoms with Crippen molar-refractivity contribution in [2.24, 2.45) is 5.40 Å². The molecule has 0 radical (unpaired) electrons. The number of nitrogens with one attached hydrogen (secondary N) is 1. The van der Waals surface area contributed by atoms with Crippen LogP contribution in [0.25, 0.3) is 0 Å². The van der Waals surface area contributed by atoms with Gasteiger partial charge in [-0.15, -0.1) is 0 Å². The van der Waals surface area contributed by atoms with Crippen molar-refractivity contribution >= 4 is 8.40 Å². The van der Waals surface area contributed by atoms with Crippen LogP contribution in [0.15, 0.2) is 0 Å². The molecule has 0 aliphatic rings. The van der Waals surface area contributed by atoms with Crippen molar-refractivity contribution < 1.29 is 0 Å². The highest BCUT2D eigenvalue weighted by atomic mass is 28.3. The van der Waals surface area contributed by atoms with Crippen LogP contribution in [0.2, 0.25) is 11.6 Å². The number of hydrogen-bond acceptors (Lipinski definition) is 2. The van der Waals surface area contributed by atoms with Gasteiger partial charge in [0.05, 0.1) is 0 Å². The molecule has 0 saturated carbocycles. The Labute approximate surface area is 71.7 Å². The Hall–Kier alpha value is 0.137. The monoisotopic (exact) mass is 174 g/mol. The minimum Gasteiger partial charge on any atom is -0.339 e. The lowest BCUT2D eigenvalue weighted by atomic mass is 10.2. The molecule has 0 fully saturated rings. The fourth-order valence-electron chi connectivity index (χ4n) is 0.816. The fraction of sp³-hybridized carbons (Fsp3) is 1.00. The first-order valence-corrected chi connectivity index (χ1v) is 6.81. The minimum atomic E-state index is -1.72. The number of hydrogen-bond donors (Lipinski definition) is 2. The standard InChI is InChI=1S/C8H22N2Si/c1-7(2)10-11(6,9)8(3,4)5/h7,10H,9H2,1-6H3. The maximum Gasteiger partial charge on any atom is 0.201 e. The molecule has 0 aromatic carbocycles. The van der Waals surface area contributed by atoms with Gasteiger partial charge in [0.2, 0.25) is 8.40 Å². The molecule has 0 aliphatic carbocycles. The van der Waals surface area contributed by atoms with E-state index in [-0.39, 0.29) is 5.04 Å². The predicted octanol–water partition coefficient (Wildman–Crippen LogP) is 1.82. The van der Waals surface area contributed by atoms with Crippen molar-refractivity contribution in [3.05, 3.63) is 0 Å². The first-order chi connectivity index (χ1) is 4.67. The summed E-state index contributed by atoms with van der Waals surface area (Å²) in [5.41, 5.74) is 0. The minimum absolute atomic E-state index is 0.233. The van der Waals surface area contributed by atoms with Gasteiger partial charge in [-0.25, -0.2) is 0 Å². The average molecular weight is 174 g/mol. The second-order valence-corrected chi connectivity index (χ2v) is 8.94. The van der Waals surface area contributed by atoms with E-state index in [1.54, 1.807) is 0 Å². The van der Waals surface area contributed by atoms with E-state index in [2.05, 4.69) is 46.1 Å². The summed E-state index contributed by atoms with van der Waals surface area (Å²) in [5, 5.41) is 6.46. The zero-order valence-electron chi connectivity index (χ0n) is 8.65. The number of rotatable bonds is 2. The molecule has 68 valence electrons. The van der Waals surface area contributed by atoms with Crippen molar-refractivity contribution in [1.29, 1.82) is 0 Å². The Balaban J connectivity index is 4.22. The molecule has 2 nitrogen and oxygen atoms in total. The van der Waals surface area contributed by atoms with E-state index in [0.29, 0.717) is 6.04 Å². The van der Waals surface area contributed by atoms with Crippen molar-refractivity contribution in [3.8, 4) is 0 Å². The lowest BCUT2D eigenvalue weighted by molar-refractivity contribution is 0.638. The summed E-state index contributed by atoms with van der Waals surface area (Å²) in [6.45, 7) is 13.1. The maximum atomic E-state index is 6.22. The highest BCUT2D eigenvalue weighted by Crippen LogP contribution is 2.30. The predicted molar refractivity (Wildman–Crippen MR) is 53.8 cm³/mol. The van der Waals surface area contributed by atoms with Crippen LogP contribution in [-0.4, -0.2) is 14.4 Å². The van der Waals surface area contributed by atoms with Gasteiger partial charge >= 0.3 is 0 Å². The second kappa shape index (κ2) is 3.25. The van der Waals surface area contributed by atoms with Crippen molar-refractivity contribution in [3.63, 3.8) is 0 Å². The van der Waals surface area contributed by atoms with E-state index >= 15 is 0 Å². The maximum absolute atomic E-state index is 6.22. The summed E-state index contributed by atoms with van der Waals surface area (Å²) in [5.74, 6) is 0. The molecule has 0 aliphatic heterocycles. The van der Waals surface area contributed by atoms with Crippen LogP contribution < -0.4 is 10.4 Å². The largest absolute Gasteiger partial charge is 0.339 e. The average Bonchev–Trinajstić information content (AvgIpc) is 1.56. The Morgan fingerprint density at radius 3 is 1.73 bits per heavy atom. The Kier molecular flexibility index (Phi) is 3.29. The molecule has 11 heavy (non-hydrogen) atoms. The van der Waals surface area contributed by atoms with Gasteiger partial charge < -0.3 is 10.4 Å². The van der Waals surface area contributed by atoms with Crippen LogP contribution in [0.3, 0.4) is 0 Å². The summed E-state index contributed by atoms with van der Waals surface area (Å²) < 4.78 is 0. The molecule has 0 spiro atoms. The Morgan fingerprint density at radius 2 is 1.64 bits per heavy atom. The SMILES string of the molecule is CC(C)N[Si](C)(N)C(C)(C)C. The molecule has 3 N–H and O–H groups in total. The van der Waals surface area contributed by atoms with E-state index in [4.69, 9.17) is 5.40 Å². The smallest absolute Gasteiger partial charge is 0.201 e. The van der Waals surface area contributed by atoms with Crippen LogP contribution in [-0.2, 0) is 0 Å². The summed E-state index contributed by atoms with van der Waals surface area (Å²) in [7, 11) is -1.72. The molecule has 1 atom stereocenters. The third-order valence-electron chi connectivity index (χ3n) is 2.15. The summed E-state index contributed by atoms with van der Waals surface area (Å²) >= 11 is 0. The molecule has 0 amide bonds. The normalized spacial score (nSPS) is 18.5. The third-order valence-corrected chi connectivity index (χ3v) is 6.44. The van der Waals surface area contributed by atoms with E-state index in [1.165, 1.54) is 0 Å². The zero-order chi connectivity index (χ0) is 9.28. The molecular formula is C8H22N2Si. The molecule has 0 bridgehead atoms. The van der Waals surface area contributed by atoms with Gasteiger partial charge in [-0.1, -0.05) is 34.6 Å². The van der Waals surface area contributed by atoms with Crippen molar-refractivity contribution in [1.82, 2.24) is 4.98 Å². The van der Waals surface area contributed by atoms with E-state index in [9.17, 15) is 0 Å². The highest BCUT2D eigenvalue weighted by molar-refractivity contribution is 6.76. The molecule has 0 aromatic rings. The van der Waals surface area contributed by atoms with Crippen LogP contribution in [0.5, 0.6) is 0 Å². The molecular weight excluding hydrogens is 152 g/mol. The zero-order valence-corrected chi connectivity index (χ0v) is 9.65. The lowest BCUT2D eigenvalue weighted by Gasteiger charge is -2.37. The van der Waals surface area contributed by atoms with E-state index in [1.807, 2.05) is 0 Å². The van der Waals surface area contributed by atoms with E-state index in [0.717, 1.165) is 0 Å². The van der Waals surface area contributed by atoms with Gasteiger partial charge in [0, 0.05) is 0 Å².